The van der Waals surface area contributed by atoms with E-state index in [2.05, 4.69) is 25.3 Å². The minimum Gasteiger partial charge on any atom is -0.506 e. The maximum Gasteiger partial charge on any atom is 0.135 e. The molecular weight excluding hydrogens is 565 g/mol. The standard InChI is InChI=1S/C39H68O2S2/c1-3-5-7-9-11-13-15-17-19-21-23-25-27-31-39(41,35-29-33-42-37(35)38-36(40)30-34-43-38)32-28-26-24-22-20-18-16-14-12-10-8-6-4-2/h29-30,33-34,40-41H,3-28,31-32H2,1-2H3. The highest BCUT2D eigenvalue weighted by Gasteiger charge is 2.32. The molecule has 0 unspecified atom stereocenters. The first-order valence-electron chi connectivity index (χ1n) is 18.7. The number of rotatable bonds is 30. The van der Waals surface area contributed by atoms with Gasteiger partial charge >= 0.3 is 0 Å². The van der Waals surface area contributed by atoms with Crippen molar-refractivity contribution >= 4 is 22.7 Å². The molecular formula is C39H68O2S2. The van der Waals surface area contributed by atoms with Crippen molar-refractivity contribution in [2.24, 2.45) is 0 Å². The molecule has 0 aliphatic heterocycles. The second kappa shape index (κ2) is 25.4. The Morgan fingerprint density at radius 3 is 1.14 bits per heavy atom. The van der Waals surface area contributed by atoms with E-state index in [0.29, 0.717) is 5.75 Å². The molecule has 2 heterocycles. The lowest BCUT2D eigenvalue weighted by atomic mass is 9.83. The minimum atomic E-state index is -0.790. The topological polar surface area (TPSA) is 40.5 Å². The Hall–Kier alpha value is -0.840. The van der Waals surface area contributed by atoms with Crippen molar-refractivity contribution in [3.05, 3.63) is 28.5 Å². The summed E-state index contributed by atoms with van der Waals surface area (Å²) in [4.78, 5) is 1.98. The lowest BCUT2D eigenvalue weighted by Gasteiger charge is -2.29. The van der Waals surface area contributed by atoms with Crippen LogP contribution in [-0.4, -0.2) is 10.2 Å². The summed E-state index contributed by atoms with van der Waals surface area (Å²) in [6.45, 7) is 4.58. The molecule has 0 atom stereocenters. The quantitative estimate of drug-likeness (QED) is 0.0841. The van der Waals surface area contributed by atoms with E-state index in [1.54, 1.807) is 28.7 Å². The van der Waals surface area contributed by atoms with Crippen molar-refractivity contribution in [3.63, 3.8) is 0 Å². The Kier molecular flexibility index (Phi) is 22.6. The van der Waals surface area contributed by atoms with Crippen molar-refractivity contribution in [2.75, 3.05) is 0 Å². The van der Waals surface area contributed by atoms with Gasteiger partial charge in [0, 0.05) is 5.56 Å². The second-order valence-corrected chi connectivity index (χ2v) is 15.1. The number of thiophene rings is 2. The van der Waals surface area contributed by atoms with Crippen LogP contribution in [0.25, 0.3) is 9.75 Å². The van der Waals surface area contributed by atoms with E-state index in [9.17, 15) is 10.2 Å². The number of hydrogen-bond acceptors (Lipinski definition) is 4. The third-order valence-corrected chi connectivity index (χ3v) is 11.4. The van der Waals surface area contributed by atoms with Crippen LogP contribution in [0.15, 0.2) is 22.9 Å². The molecule has 0 aliphatic rings. The largest absolute Gasteiger partial charge is 0.506 e. The molecule has 0 saturated heterocycles. The normalized spacial score (nSPS) is 12.0. The zero-order valence-corrected chi connectivity index (χ0v) is 30.0. The third kappa shape index (κ3) is 16.9. The summed E-state index contributed by atoms with van der Waals surface area (Å²) in [5, 5.41) is 26.6. The molecule has 248 valence electrons. The van der Waals surface area contributed by atoms with E-state index in [-0.39, 0.29) is 0 Å². The zero-order chi connectivity index (χ0) is 30.9. The maximum absolute atomic E-state index is 12.1. The first-order chi connectivity index (χ1) is 21.1. The molecule has 43 heavy (non-hydrogen) atoms. The van der Waals surface area contributed by atoms with Crippen LogP contribution in [0.2, 0.25) is 0 Å². The first kappa shape index (κ1) is 38.3. The second-order valence-electron chi connectivity index (χ2n) is 13.3. The van der Waals surface area contributed by atoms with E-state index < -0.39 is 5.60 Å². The minimum absolute atomic E-state index is 0.345. The SMILES string of the molecule is CCCCCCCCCCCCCCCC(O)(CCCCCCCCCCCCCCC)c1ccsc1-c1sccc1O. The molecule has 0 bridgehead atoms. The summed E-state index contributed by atoms with van der Waals surface area (Å²) in [5.74, 6) is 0.345. The molecule has 0 radical (unpaired) electrons. The van der Waals surface area contributed by atoms with Gasteiger partial charge in [0.1, 0.15) is 5.75 Å². The van der Waals surface area contributed by atoms with Crippen molar-refractivity contribution in [3.8, 4) is 15.5 Å². The molecule has 0 fully saturated rings. The van der Waals surface area contributed by atoms with Gasteiger partial charge in [-0.05, 0) is 35.7 Å². The molecule has 0 aromatic carbocycles. The molecule has 0 amide bonds. The lowest BCUT2D eigenvalue weighted by Crippen LogP contribution is -2.26. The fourth-order valence-corrected chi connectivity index (χ4v) is 8.55. The Labute approximate surface area is 275 Å². The summed E-state index contributed by atoms with van der Waals surface area (Å²) in [6.07, 6.45) is 36.6. The summed E-state index contributed by atoms with van der Waals surface area (Å²) in [6, 6.07) is 3.91. The van der Waals surface area contributed by atoms with Gasteiger partial charge in [0.25, 0.3) is 0 Å². The lowest BCUT2D eigenvalue weighted by molar-refractivity contribution is 0.0141. The summed E-state index contributed by atoms with van der Waals surface area (Å²) in [7, 11) is 0. The average Bonchev–Trinajstić information content (AvgIpc) is 3.67. The monoisotopic (exact) mass is 632 g/mol. The molecule has 2 nitrogen and oxygen atoms in total. The van der Waals surface area contributed by atoms with E-state index in [1.165, 1.54) is 154 Å². The predicted octanol–water partition coefficient (Wildman–Crippen LogP) is 14.3. The van der Waals surface area contributed by atoms with Crippen LogP contribution in [-0.2, 0) is 5.60 Å². The van der Waals surface area contributed by atoms with Crippen LogP contribution < -0.4 is 0 Å². The molecule has 2 N–H and O–H groups in total. The highest BCUT2D eigenvalue weighted by atomic mass is 32.1. The van der Waals surface area contributed by atoms with Crippen LogP contribution in [0.5, 0.6) is 5.75 Å². The number of aliphatic hydroxyl groups is 1. The van der Waals surface area contributed by atoms with E-state index in [1.807, 2.05) is 5.38 Å². The van der Waals surface area contributed by atoms with Crippen molar-refractivity contribution in [1.82, 2.24) is 0 Å². The average molecular weight is 633 g/mol. The molecule has 2 rings (SSSR count). The number of aromatic hydroxyl groups is 1. The van der Waals surface area contributed by atoms with Crippen molar-refractivity contribution in [1.29, 1.82) is 0 Å². The highest BCUT2D eigenvalue weighted by molar-refractivity contribution is 7.20. The Morgan fingerprint density at radius 2 is 0.791 bits per heavy atom. The van der Waals surface area contributed by atoms with Crippen molar-refractivity contribution < 1.29 is 10.2 Å². The molecule has 4 heteroatoms. The van der Waals surface area contributed by atoms with E-state index in [4.69, 9.17) is 0 Å². The maximum atomic E-state index is 12.1. The van der Waals surface area contributed by atoms with Crippen LogP contribution in [0.1, 0.15) is 199 Å². The summed E-state index contributed by atoms with van der Waals surface area (Å²) in [5.41, 5.74) is 0.259. The van der Waals surface area contributed by atoms with Crippen LogP contribution >= 0.6 is 22.7 Å². The van der Waals surface area contributed by atoms with Gasteiger partial charge in [-0.3, -0.25) is 0 Å². The predicted molar refractivity (Wildman–Crippen MR) is 194 cm³/mol. The van der Waals surface area contributed by atoms with Crippen LogP contribution in [0.3, 0.4) is 0 Å². The van der Waals surface area contributed by atoms with Gasteiger partial charge in [0.05, 0.1) is 15.4 Å². The van der Waals surface area contributed by atoms with Gasteiger partial charge < -0.3 is 10.2 Å². The smallest absolute Gasteiger partial charge is 0.135 e. The van der Waals surface area contributed by atoms with Gasteiger partial charge in [-0.2, -0.15) is 0 Å². The number of hydrogen-bond donors (Lipinski definition) is 2. The third-order valence-electron chi connectivity index (χ3n) is 9.41. The molecule has 2 aromatic rings. The fourth-order valence-electron chi connectivity index (χ4n) is 6.59. The summed E-state index contributed by atoms with van der Waals surface area (Å²) < 4.78 is 0. The van der Waals surface area contributed by atoms with E-state index in [0.717, 1.165) is 41.0 Å². The van der Waals surface area contributed by atoms with Crippen LogP contribution in [0, 0.1) is 0 Å². The Balaban J connectivity index is 1.70. The summed E-state index contributed by atoms with van der Waals surface area (Å²) >= 11 is 3.24. The van der Waals surface area contributed by atoms with Gasteiger partial charge in [-0.25, -0.2) is 0 Å². The van der Waals surface area contributed by atoms with Gasteiger partial charge in [-0.1, -0.05) is 181 Å². The fraction of sp³-hybridized carbons (Fsp3) is 0.795. The zero-order valence-electron chi connectivity index (χ0n) is 28.3. The molecule has 0 saturated carbocycles. The molecule has 0 spiro atoms. The van der Waals surface area contributed by atoms with Crippen molar-refractivity contribution in [2.45, 2.75) is 199 Å². The first-order valence-corrected chi connectivity index (χ1v) is 20.5. The number of unbranched alkanes of at least 4 members (excludes halogenated alkanes) is 24. The van der Waals surface area contributed by atoms with Gasteiger partial charge in [-0.15, -0.1) is 22.7 Å². The Morgan fingerprint density at radius 1 is 0.465 bits per heavy atom. The Bertz CT molecular complexity index is 855. The highest BCUT2D eigenvalue weighted by Crippen LogP contribution is 2.46. The van der Waals surface area contributed by atoms with Gasteiger partial charge in [0.2, 0.25) is 0 Å². The molecule has 2 aromatic heterocycles. The van der Waals surface area contributed by atoms with Crippen LogP contribution in [0.4, 0.5) is 0 Å². The van der Waals surface area contributed by atoms with E-state index >= 15 is 0 Å². The molecule has 0 aliphatic carbocycles. The van der Waals surface area contributed by atoms with Gasteiger partial charge in [0.15, 0.2) is 0 Å².